The monoisotopic (exact) mass is 407 g/mol. The molecule has 3 N–H and O–H groups in total. The maximum atomic E-state index is 13.4. The number of hydrogen-bond acceptors (Lipinski definition) is 5. The molecular weight excluding hydrogens is 381 g/mol. The number of carbonyl (C=O) groups is 1. The fourth-order valence-corrected chi connectivity index (χ4v) is 3.98. The highest BCUT2D eigenvalue weighted by atomic mass is 19.1. The molecule has 2 heterocycles. The Morgan fingerprint density at radius 1 is 1.23 bits per heavy atom. The maximum absolute atomic E-state index is 13.4. The smallest absolute Gasteiger partial charge is 0.222 e. The number of aromatic nitrogens is 1. The van der Waals surface area contributed by atoms with Crippen molar-refractivity contribution in [2.75, 3.05) is 25.0 Å². The molecule has 6 nitrogen and oxygen atoms in total. The summed E-state index contributed by atoms with van der Waals surface area (Å²) < 4.78 is 13.4. The van der Waals surface area contributed by atoms with Gasteiger partial charge in [-0.05, 0) is 54.8 Å². The third-order valence-electron chi connectivity index (χ3n) is 5.73. The lowest BCUT2D eigenvalue weighted by atomic mass is 9.89. The Hall–Kier alpha value is -3.06. The van der Waals surface area contributed by atoms with Gasteiger partial charge in [0.05, 0.1) is 5.71 Å². The van der Waals surface area contributed by atoms with Crippen LogP contribution in [0.5, 0.6) is 0 Å². The van der Waals surface area contributed by atoms with Crippen LogP contribution in [0.2, 0.25) is 0 Å². The summed E-state index contributed by atoms with van der Waals surface area (Å²) in [7, 11) is 0. The molecule has 0 bridgehead atoms. The van der Waals surface area contributed by atoms with E-state index in [0.29, 0.717) is 23.1 Å². The number of nitrogens with zero attached hydrogens (tertiary/aromatic N) is 2. The van der Waals surface area contributed by atoms with Gasteiger partial charge in [0, 0.05) is 55.6 Å². The number of anilines is 1. The molecule has 4 rings (SSSR count). The Morgan fingerprint density at radius 2 is 2.00 bits per heavy atom. The van der Waals surface area contributed by atoms with Crippen molar-refractivity contribution in [2.24, 2.45) is 0 Å². The summed E-state index contributed by atoms with van der Waals surface area (Å²) >= 11 is 0. The van der Waals surface area contributed by atoms with Crippen LogP contribution in [0.1, 0.15) is 37.3 Å². The lowest BCUT2D eigenvalue weighted by Gasteiger charge is -2.41. The molecule has 1 amide bonds. The standard InChI is InChI=1S/C23H26FN5O/c1-15(30)28-21-13-17(9-10-27-21)22(23(25)16-5-7-18(24)8-6-16)20-14-29(12-11-26-20)19-3-2-4-19/h5-10,13,19,25-26H,2-4,11-12,14H2,1H3,(H,27,28,30)/b22-20-,25-23?. The molecule has 2 fully saturated rings. The van der Waals surface area contributed by atoms with Crippen LogP contribution >= 0.6 is 0 Å². The summed E-state index contributed by atoms with van der Waals surface area (Å²) in [4.78, 5) is 18.2. The molecule has 2 aromatic rings. The van der Waals surface area contributed by atoms with Gasteiger partial charge in [0.1, 0.15) is 11.6 Å². The van der Waals surface area contributed by atoms with E-state index in [0.717, 1.165) is 36.5 Å². The van der Waals surface area contributed by atoms with Gasteiger partial charge in [-0.2, -0.15) is 0 Å². The van der Waals surface area contributed by atoms with Gasteiger partial charge in [-0.1, -0.05) is 6.42 Å². The maximum Gasteiger partial charge on any atom is 0.222 e. The normalized spacial score (nSPS) is 18.9. The van der Waals surface area contributed by atoms with Crippen molar-refractivity contribution < 1.29 is 9.18 Å². The number of carbonyl (C=O) groups excluding carboxylic acids is 1. The zero-order valence-corrected chi connectivity index (χ0v) is 17.0. The minimum atomic E-state index is -0.329. The van der Waals surface area contributed by atoms with Gasteiger partial charge in [0.15, 0.2) is 0 Å². The number of allylic oxidation sites excluding steroid dienone is 1. The molecule has 30 heavy (non-hydrogen) atoms. The number of piperazine rings is 1. The number of nitrogens with one attached hydrogen (secondary N) is 3. The molecule has 7 heteroatoms. The molecule has 1 saturated carbocycles. The molecule has 0 atom stereocenters. The van der Waals surface area contributed by atoms with Gasteiger partial charge in [-0.25, -0.2) is 9.37 Å². The van der Waals surface area contributed by atoms with Crippen LogP contribution in [0.3, 0.4) is 0 Å². The first-order chi connectivity index (χ1) is 14.5. The molecule has 2 aliphatic rings. The van der Waals surface area contributed by atoms with Gasteiger partial charge in [-0.15, -0.1) is 0 Å². The van der Waals surface area contributed by atoms with Gasteiger partial charge in [-0.3, -0.25) is 15.1 Å². The van der Waals surface area contributed by atoms with Crippen molar-refractivity contribution in [3.63, 3.8) is 0 Å². The van der Waals surface area contributed by atoms with E-state index in [1.807, 2.05) is 6.07 Å². The average Bonchev–Trinajstić information content (AvgIpc) is 2.67. The first-order valence-electron chi connectivity index (χ1n) is 10.3. The third kappa shape index (κ3) is 4.41. The Labute approximate surface area is 175 Å². The van der Waals surface area contributed by atoms with Crippen LogP contribution in [0.15, 0.2) is 48.3 Å². The lowest BCUT2D eigenvalue weighted by molar-refractivity contribution is -0.114. The molecule has 1 aromatic heterocycles. The highest BCUT2D eigenvalue weighted by Gasteiger charge is 2.29. The van der Waals surface area contributed by atoms with Gasteiger partial charge >= 0.3 is 0 Å². The summed E-state index contributed by atoms with van der Waals surface area (Å²) in [6, 6.07) is 10.2. The van der Waals surface area contributed by atoms with Crippen LogP contribution in [-0.4, -0.2) is 47.2 Å². The average molecular weight is 407 g/mol. The van der Waals surface area contributed by atoms with Crippen molar-refractivity contribution in [1.29, 1.82) is 5.41 Å². The van der Waals surface area contributed by atoms with Gasteiger partial charge in [0.25, 0.3) is 0 Å². The van der Waals surface area contributed by atoms with Crippen LogP contribution in [0.25, 0.3) is 5.57 Å². The first-order valence-corrected chi connectivity index (χ1v) is 10.3. The number of rotatable bonds is 5. The largest absolute Gasteiger partial charge is 0.385 e. The van der Waals surface area contributed by atoms with E-state index in [9.17, 15) is 9.18 Å². The lowest BCUT2D eigenvalue weighted by Crippen LogP contribution is -2.50. The minimum absolute atomic E-state index is 0.200. The number of benzene rings is 1. The van der Waals surface area contributed by atoms with E-state index in [1.165, 1.54) is 38.3 Å². The Bertz CT molecular complexity index is 981. The molecule has 1 aliphatic heterocycles. The van der Waals surface area contributed by atoms with E-state index < -0.39 is 0 Å². The summed E-state index contributed by atoms with van der Waals surface area (Å²) in [5.74, 6) is -0.0874. The molecule has 0 spiro atoms. The zero-order chi connectivity index (χ0) is 21.1. The Morgan fingerprint density at radius 3 is 2.67 bits per heavy atom. The quantitative estimate of drug-likeness (QED) is 0.664. The molecule has 0 unspecified atom stereocenters. The van der Waals surface area contributed by atoms with Gasteiger partial charge in [0.2, 0.25) is 5.91 Å². The van der Waals surface area contributed by atoms with E-state index >= 15 is 0 Å². The van der Waals surface area contributed by atoms with E-state index in [-0.39, 0.29) is 11.7 Å². The van der Waals surface area contributed by atoms with Gasteiger partial charge < -0.3 is 10.6 Å². The van der Waals surface area contributed by atoms with Crippen molar-refractivity contribution in [3.8, 4) is 0 Å². The fourth-order valence-electron chi connectivity index (χ4n) is 3.98. The van der Waals surface area contributed by atoms with Crippen LogP contribution < -0.4 is 10.6 Å². The Kier molecular flexibility index (Phi) is 5.90. The number of halogens is 1. The number of amides is 1. The fraction of sp³-hybridized carbons (Fsp3) is 0.348. The topological polar surface area (TPSA) is 81.1 Å². The molecular formula is C23H26FN5O. The predicted octanol–water partition coefficient (Wildman–Crippen LogP) is 3.42. The predicted molar refractivity (Wildman–Crippen MR) is 116 cm³/mol. The molecule has 1 saturated heterocycles. The van der Waals surface area contributed by atoms with E-state index in [4.69, 9.17) is 5.41 Å². The molecule has 156 valence electrons. The zero-order valence-electron chi connectivity index (χ0n) is 17.0. The highest BCUT2D eigenvalue weighted by Crippen LogP contribution is 2.30. The summed E-state index contributed by atoms with van der Waals surface area (Å²) in [5, 5.41) is 15.1. The first kappa shape index (κ1) is 20.2. The highest BCUT2D eigenvalue weighted by molar-refractivity contribution is 6.31. The molecule has 0 radical (unpaired) electrons. The van der Waals surface area contributed by atoms with Crippen LogP contribution in [0.4, 0.5) is 10.2 Å². The Balaban J connectivity index is 1.75. The summed E-state index contributed by atoms with van der Waals surface area (Å²) in [5.41, 5.74) is 3.47. The van der Waals surface area contributed by atoms with Crippen molar-refractivity contribution in [1.82, 2.24) is 15.2 Å². The second-order valence-corrected chi connectivity index (χ2v) is 7.83. The molecule has 1 aliphatic carbocycles. The summed E-state index contributed by atoms with van der Waals surface area (Å²) in [6.45, 7) is 3.98. The van der Waals surface area contributed by atoms with Crippen LogP contribution in [0, 0.1) is 11.2 Å². The summed E-state index contributed by atoms with van der Waals surface area (Å²) in [6.07, 6.45) is 5.35. The van der Waals surface area contributed by atoms with Crippen molar-refractivity contribution >= 4 is 23.0 Å². The third-order valence-corrected chi connectivity index (χ3v) is 5.73. The van der Waals surface area contributed by atoms with Crippen molar-refractivity contribution in [2.45, 2.75) is 32.2 Å². The van der Waals surface area contributed by atoms with Crippen LogP contribution in [-0.2, 0) is 4.79 Å². The van der Waals surface area contributed by atoms with E-state index in [1.54, 1.807) is 24.4 Å². The van der Waals surface area contributed by atoms with E-state index in [2.05, 4.69) is 20.5 Å². The molecule has 1 aromatic carbocycles. The second kappa shape index (κ2) is 8.75. The number of hydrogen-bond donors (Lipinski definition) is 3. The number of pyridine rings is 1. The second-order valence-electron chi connectivity index (χ2n) is 7.83. The van der Waals surface area contributed by atoms with Crippen molar-refractivity contribution in [3.05, 3.63) is 65.2 Å². The minimum Gasteiger partial charge on any atom is -0.385 e. The SMILES string of the molecule is CC(=O)Nc1cc(/C(C(=N)c2ccc(F)cc2)=C2\CN(C3CCC3)CCN2)ccn1.